The summed E-state index contributed by atoms with van der Waals surface area (Å²) in [7, 11) is 0. The highest BCUT2D eigenvalue weighted by Gasteiger charge is 2.48. The number of hydrogen-bond donors (Lipinski definition) is 3. The normalized spacial score (nSPS) is 26.4. The molecule has 1 aromatic heterocycles. The fourth-order valence-electron chi connectivity index (χ4n) is 7.28. The van der Waals surface area contributed by atoms with Gasteiger partial charge in [-0.15, -0.1) is 0 Å². The highest BCUT2D eigenvalue weighted by molar-refractivity contribution is 6.01. The Hall–Kier alpha value is -3.23. The predicted molar refractivity (Wildman–Crippen MR) is 169 cm³/mol. The summed E-state index contributed by atoms with van der Waals surface area (Å²) >= 11 is 0. The molecular formula is C36H48N2O6. The highest BCUT2D eigenvalue weighted by Crippen LogP contribution is 2.46. The Kier molecular flexibility index (Phi) is 9.52. The molecule has 4 atom stereocenters. The van der Waals surface area contributed by atoms with Gasteiger partial charge in [-0.3, -0.25) is 14.4 Å². The number of amides is 1. The molecule has 3 aliphatic rings. The van der Waals surface area contributed by atoms with E-state index in [2.05, 4.69) is 34.6 Å². The minimum atomic E-state index is -0.927. The first-order valence-corrected chi connectivity index (χ1v) is 16.2. The molecule has 0 bridgehead atoms. The predicted octanol–water partition coefficient (Wildman–Crippen LogP) is 6.88. The molecule has 8 heteroatoms. The topological polar surface area (TPSA) is 118 Å². The van der Waals surface area contributed by atoms with Gasteiger partial charge in [-0.25, -0.2) is 0 Å². The molecule has 2 aromatic rings. The summed E-state index contributed by atoms with van der Waals surface area (Å²) in [5, 5.41) is 13.5. The van der Waals surface area contributed by atoms with Crippen molar-refractivity contribution >= 4 is 23.7 Å². The molecule has 3 fully saturated rings. The average molecular weight is 605 g/mol. The van der Waals surface area contributed by atoms with Gasteiger partial charge in [-0.05, 0) is 63.5 Å². The van der Waals surface area contributed by atoms with Gasteiger partial charge in [0.2, 0.25) is 5.91 Å². The van der Waals surface area contributed by atoms with E-state index in [0.717, 1.165) is 50.5 Å². The summed E-state index contributed by atoms with van der Waals surface area (Å²) in [4.78, 5) is 43.5. The van der Waals surface area contributed by atoms with E-state index in [9.17, 15) is 19.5 Å². The first-order chi connectivity index (χ1) is 20.9. The summed E-state index contributed by atoms with van der Waals surface area (Å²) in [5.74, 6) is -2.52. The lowest BCUT2D eigenvalue weighted by Gasteiger charge is -2.45. The number of carboxylic acid groups (broad SMARTS) is 1. The van der Waals surface area contributed by atoms with Crippen LogP contribution in [0.25, 0.3) is 6.08 Å². The van der Waals surface area contributed by atoms with Crippen molar-refractivity contribution in [1.82, 2.24) is 10.3 Å². The van der Waals surface area contributed by atoms with Gasteiger partial charge in [0.05, 0.1) is 18.4 Å². The van der Waals surface area contributed by atoms with Crippen LogP contribution in [0.15, 0.2) is 48.7 Å². The maximum Gasteiger partial charge on any atom is 0.304 e. The Bertz CT molecular complexity index is 1360. The number of aromatic nitrogens is 1. The number of aliphatic carboxylic acids is 1. The Morgan fingerprint density at radius 3 is 2.45 bits per heavy atom. The molecule has 2 heterocycles. The molecule has 0 spiro atoms. The van der Waals surface area contributed by atoms with Crippen molar-refractivity contribution in [3.05, 3.63) is 65.5 Å². The molecule has 2 aliphatic carbocycles. The summed E-state index contributed by atoms with van der Waals surface area (Å²) in [5.41, 5.74) is 1.21. The first kappa shape index (κ1) is 32.2. The van der Waals surface area contributed by atoms with E-state index in [4.69, 9.17) is 9.47 Å². The molecule has 8 nitrogen and oxygen atoms in total. The van der Waals surface area contributed by atoms with Gasteiger partial charge in [0.15, 0.2) is 11.6 Å². The molecule has 0 radical (unpaired) electrons. The minimum absolute atomic E-state index is 0.0646. The van der Waals surface area contributed by atoms with Gasteiger partial charge >= 0.3 is 5.97 Å². The van der Waals surface area contributed by atoms with Crippen LogP contribution in [0.4, 0.5) is 0 Å². The second-order valence-electron chi connectivity index (χ2n) is 14.2. The third-order valence-corrected chi connectivity index (χ3v) is 10.0. The maximum absolute atomic E-state index is 14.1. The van der Waals surface area contributed by atoms with Crippen LogP contribution >= 0.6 is 0 Å². The van der Waals surface area contributed by atoms with Crippen LogP contribution < -0.4 is 5.32 Å². The number of ether oxygens (including phenoxy) is 2. The van der Waals surface area contributed by atoms with Crippen molar-refractivity contribution in [2.75, 3.05) is 6.61 Å². The maximum atomic E-state index is 14.1. The van der Waals surface area contributed by atoms with Gasteiger partial charge in [0, 0.05) is 34.8 Å². The smallest absolute Gasteiger partial charge is 0.304 e. The number of nitrogens with one attached hydrogen (secondary N) is 2. The second-order valence-corrected chi connectivity index (χ2v) is 14.2. The average Bonchev–Trinajstić information content (AvgIpc) is 3.45. The molecule has 1 aromatic carbocycles. The van der Waals surface area contributed by atoms with Gasteiger partial charge < -0.3 is 24.9 Å². The summed E-state index contributed by atoms with van der Waals surface area (Å²) in [6, 6.07) is 11.7. The van der Waals surface area contributed by atoms with Crippen molar-refractivity contribution in [2.24, 2.45) is 16.7 Å². The van der Waals surface area contributed by atoms with E-state index >= 15 is 0 Å². The number of H-pyrrole nitrogens is 1. The van der Waals surface area contributed by atoms with E-state index < -0.39 is 34.6 Å². The Morgan fingerprint density at radius 1 is 1.05 bits per heavy atom. The van der Waals surface area contributed by atoms with Crippen LogP contribution in [0.2, 0.25) is 0 Å². The molecule has 3 N–H and O–H groups in total. The number of Topliss-reactive ketones (excluding diaryl/α,β-unsaturated/α-hetero) is 1. The monoisotopic (exact) mass is 604 g/mol. The van der Waals surface area contributed by atoms with Crippen LogP contribution in [-0.2, 0) is 19.1 Å². The zero-order valence-electron chi connectivity index (χ0n) is 26.6. The van der Waals surface area contributed by atoms with Crippen LogP contribution in [0, 0.1) is 16.7 Å². The SMILES string of the molecule is CC1(C)OCC(C)(C)C(C(=O)c2cc[nH]c2C(CC(=O)O)C2CCCCC2NC(=O)C2(CC=Cc3ccccc3)CCC2)O1. The number of ketones is 1. The van der Waals surface area contributed by atoms with Gasteiger partial charge in [-0.1, -0.05) is 75.6 Å². The summed E-state index contributed by atoms with van der Waals surface area (Å²) in [6.45, 7) is 7.87. The van der Waals surface area contributed by atoms with Crippen LogP contribution in [-0.4, -0.2) is 52.3 Å². The fraction of sp³-hybridized carbons (Fsp3) is 0.583. The zero-order valence-corrected chi connectivity index (χ0v) is 26.6. The number of carbonyl (C=O) groups excluding carboxylic acids is 2. The molecule has 4 unspecified atom stereocenters. The van der Waals surface area contributed by atoms with E-state index in [-0.39, 0.29) is 30.1 Å². The van der Waals surface area contributed by atoms with Gasteiger partial charge in [-0.2, -0.15) is 0 Å². The summed E-state index contributed by atoms with van der Waals surface area (Å²) in [6.07, 6.45) is 11.9. The van der Waals surface area contributed by atoms with Crippen molar-refractivity contribution in [2.45, 2.75) is 109 Å². The third kappa shape index (κ3) is 7.02. The lowest BCUT2D eigenvalue weighted by molar-refractivity contribution is -0.298. The van der Waals surface area contributed by atoms with E-state index in [1.54, 1.807) is 26.1 Å². The number of aromatic amines is 1. The molecule has 44 heavy (non-hydrogen) atoms. The van der Waals surface area contributed by atoms with E-state index in [1.807, 2.05) is 32.0 Å². The van der Waals surface area contributed by atoms with Crippen LogP contribution in [0.1, 0.15) is 113 Å². The third-order valence-electron chi connectivity index (χ3n) is 10.0. The van der Waals surface area contributed by atoms with Crippen molar-refractivity contribution in [3.8, 4) is 0 Å². The molecule has 1 saturated heterocycles. The Morgan fingerprint density at radius 2 is 1.77 bits per heavy atom. The van der Waals surface area contributed by atoms with Crippen molar-refractivity contribution in [1.29, 1.82) is 0 Å². The molecule has 1 aliphatic heterocycles. The number of carbonyl (C=O) groups is 3. The first-order valence-electron chi connectivity index (χ1n) is 16.2. The van der Waals surface area contributed by atoms with Gasteiger partial charge in [0.1, 0.15) is 6.10 Å². The fourth-order valence-corrected chi connectivity index (χ4v) is 7.28. The van der Waals surface area contributed by atoms with E-state index in [0.29, 0.717) is 24.3 Å². The summed E-state index contributed by atoms with van der Waals surface area (Å²) < 4.78 is 12.0. The Balaban J connectivity index is 1.37. The number of benzene rings is 1. The quantitative estimate of drug-likeness (QED) is 0.241. The second kappa shape index (κ2) is 13.0. The van der Waals surface area contributed by atoms with Gasteiger partial charge in [0.25, 0.3) is 0 Å². The number of allylic oxidation sites excluding steroid dienone is 1. The largest absolute Gasteiger partial charge is 0.481 e. The molecular weight excluding hydrogens is 556 g/mol. The number of rotatable bonds is 11. The highest BCUT2D eigenvalue weighted by atomic mass is 16.7. The van der Waals surface area contributed by atoms with Crippen LogP contribution in [0.3, 0.4) is 0 Å². The standard InChI is InChI=1S/C36H48N2O6/c1-34(2)23-43-35(3,4)44-32(34)31(41)26-17-21-37-30(26)27(22-29(39)40)25-15-8-9-16-28(25)38-33(42)36(19-11-20-36)18-10-14-24-12-6-5-7-13-24/h5-7,10,12-14,17,21,25,27-28,32,37H,8-9,11,15-16,18-20,22-23H2,1-4H3,(H,38,42)(H,39,40). The molecule has 1 amide bonds. The number of carboxylic acids is 1. The lowest BCUT2D eigenvalue weighted by atomic mass is 9.65. The minimum Gasteiger partial charge on any atom is -0.481 e. The molecule has 5 rings (SSSR count). The van der Waals surface area contributed by atoms with Crippen molar-refractivity contribution < 1.29 is 29.0 Å². The van der Waals surface area contributed by atoms with E-state index in [1.165, 1.54) is 0 Å². The number of hydrogen-bond acceptors (Lipinski definition) is 5. The Labute approximate surface area is 261 Å². The zero-order chi connectivity index (χ0) is 31.5. The molecule has 238 valence electrons. The molecule has 2 saturated carbocycles. The van der Waals surface area contributed by atoms with Crippen molar-refractivity contribution in [3.63, 3.8) is 0 Å². The van der Waals surface area contributed by atoms with Crippen LogP contribution in [0.5, 0.6) is 0 Å². The lowest BCUT2D eigenvalue weighted by Crippen LogP contribution is -2.54.